The monoisotopic (exact) mass is 613 g/mol. The summed E-state index contributed by atoms with van der Waals surface area (Å²) < 4.78 is 0. The number of carboxylic acid groups (broad SMARTS) is 1. The van der Waals surface area contributed by atoms with E-state index in [0.29, 0.717) is 24.3 Å². The molecule has 0 aromatic carbocycles. The van der Waals surface area contributed by atoms with Crippen molar-refractivity contribution in [1.29, 1.82) is 0 Å². The highest BCUT2D eigenvalue weighted by Crippen LogP contribution is 2.77. The number of hydrogen-bond donors (Lipinski definition) is 4. The van der Waals surface area contributed by atoms with Gasteiger partial charge in [-0.15, -0.1) is 0 Å². The first kappa shape index (κ1) is 33.9. The lowest BCUT2D eigenvalue weighted by Gasteiger charge is -2.72. The Hall–Kier alpha value is -1.40. The Morgan fingerprint density at radius 2 is 1.50 bits per heavy atom. The molecule has 6 nitrogen and oxygen atoms in total. The van der Waals surface area contributed by atoms with E-state index >= 15 is 0 Å². The van der Waals surface area contributed by atoms with Gasteiger partial charge < -0.3 is 20.6 Å². The van der Waals surface area contributed by atoms with Crippen LogP contribution in [0.4, 0.5) is 0 Å². The van der Waals surface area contributed by atoms with Crippen molar-refractivity contribution >= 4 is 11.9 Å². The first-order chi connectivity index (χ1) is 20.7. The molecular weight excluding hydrogens is 550 g/mol. The van der Waals surface area contributed by atoms with E-state index in [9.17, 15) is 19.8 Å². The minimum atomic E-state index is -0.726. The van der Waals surface area contributed by atoms with E-state index in [1.807, 2.05) is 0 Å². The Labute approximate surface area is 267 Å². The smallest absolute Gasteiger partial charge is 0.303 e. The molecule has 6 heteroatoms. The largest absolute Gasteiger partial charge is 0.481 e. The molecule has 0 aromatic rings. The maximum Gasteiger partial charge on any atom is 0.303 e. The second kappa shape index (κ2) is 12.3. The average molecular weight is 614 g/mol. The van der Waals surface area contributed by atoms with Gasteiger partial charge in [0.1, 0.15) is 0 Å². The zero-order valence-electron chi connectivity index (χ0n) is 28.6. The second-order valence-corrected chi connectivity index (χ2v) is 17.4. The molecule has 0 unspecified atom stereocenters. The molecule has 0 saturated heterocycles. The lowest BCUT2D eigenvalue weighted by atomic mass is 9.32. The van der Waals surface area contributed by atoms with Crippen molar-refractivity contribution in [1.82, 2.24) is 5.32 Å². The Bertz CT molecular complexity index is 1100. The topological polar surface area (TPSA) is 107 Å². The Morgan fingerprint density at radius 1 is 0.795 bits per heavy atom. The molecule has 0 aromatic heterocycles. The molecule has 10 atom stereocenters. The minimum Gasteiger partial charge on any atom is -0.481 e. The van der Waals surface area contributed by atoms with Gasteiger partial charge in [-0.2, -0.15) is 0 Å². The van der Waals surface area contributed by atoms with Crippen LogP contribution in [0.15, 0.2) is 12.2 Å². The molecule has 5 rings (SSSR count). The molecule has 0 aliphatic heterocycles. The molecular formula is C38H63NO5. The number of aliphatic hydroxyl groups is 2. The van der Waals surface area contributed by atoms with E-state index in [-0.39, 0.29) is 63.9 Å². The minimum absolute atomic E-state index is 0.00122. The van der Waals surface area contributed by atoms with Gasteiger partial charge in [0, 0.05) is 13.0 Å². The van der Waals surface area contributed by atoms with Crippen molar-refractivity contribution < 1.29 is 24.9 Å². The molecule has 0 radical (unpaired) electrons. The SMILES string of the molecule is C=C(CO)[C@@H]1CC[C@]2(C(=O)NCCCCCCCC(=O)O)CC[C@]3(C)[C@H](CC[C@@H]4[C@@]5(C)CC[C@H](O)C(C)(C)[C@@H]5CC[C@]43C)[C@@H]12. The molecule has 5 aliphatic carbocycles. The highest BCUT2D eigenvalue weighted by molar-refractivity contribution is 5.84. The summed E-state index contributed by atoms with van der Waals surface area (Å²) in [4.78, 5) is 25.0. The first-order valence-electron chi connectivity index (χ1n) is 18.2. The Balaban J connectivity index is 1.35. The third-order valence-electron chi connectivity index (χ3n) is 15.4. The first-order valence-corrected chi connectivity index (χ1v) is 18.2. The van der Waals surface area contributed by atoms with Crippen molar-refractivity contribution in [2.24, 2.45) is 56.7 Å². The highest BCUT2D eigenvalue weighted by Gasteiger charge is 2.71. The maximum absolute atomic E-state index is 14.3. The van der Waals surface area contributed by atoms with Crippen LogP contribution in [-0.2, 0) is 9.59 Å². The number of carboxylic acids is 1. The summed E-state index contributed by atoms with van der Waals surface area (Å²) in [5, 5.41) is 33.5. The van der Waals surface area contributed by atoms with E-state index in [4.69, 9.17) is 5.11 Å². The van der Waals surface area contributed by atoms with Gasteiger partial charge in [-0.3, -0.25) is 9.59 Å². The van der Waals surface area contributed by atoms with E-state index in [1.54, 1.807) is 0 Å². The standard InChI is InChI=1S/C38H63NO5/c1-25(24-40)26-15-20-38(33(44)39-23-11-9-7-8-10-12-31(42)43)22-21-36(5)27(32(26)38)13-14-29-35(4)18-17-30(41)34(2,3)28(35)16-19-37(29,36)6/h26-30,32,40-41H,1,7-24H2,2-6H3,(H,39,44)(H,42,43)/t26-,27+,28-,29+,30-,32+,35-,36+,37+,38-/m0/s1. The van der Waals surface area contributed by atoms with Gasteiger partial charge >= 0.3 is 5.97 Å². The van der Waals surface area contributed by atoms with Crippen LogP contribution in [0.5, 0.6) is 0 Å². The molecule has 5 fully saturated rings. The van der Waals surface area contributed by atoms with E-state index in [2.05, 4.69) is 46.5 Å². The molecule has 5 saturated carbocycles. The van der Waals surface area contributed by atoms with Crippen LogP contribution >= 0.6 is 0 Å². The number of nitrogens with one attached hydrogen (secondary N) is 1. The van der Waals surface area contributed by atoms with Crippen molar-refractivity contribution in [2.45, 2.75) is 143 Å². The van der Waals surface area contributed by atoms with E-state index < -0.39 is 5.97 Å². The summed E-state index contributed by atoms with van der Waals surface area (Å²) in [6.07, 6.45) is 15.2. The predicted molar refractivity (Wildman–Crippen MR) is 175 cm³/mol. The van der Waals surface area contributed by atoms with Gasteiger partial charge in [0.15, 0.2) is 0 Å². The van der Waals surface area contributed by atoms with E-state index in [0.717, 1.165) is 82.6 Å². The molecule has 4 N–H and O–H groups in total. The lowest BCUT2D eigenvalue weighted by molar-refractivity contribution is -0.246. The normalized spacial score (nSPS) is 44.1. The third kappa shape index (κ3) is 5.20. The molecule has 0 spiro atoms. The molecule has 44 heavy (non-hydrogen) atoms. The second-order valence-electron chi connectivity index (χ2n) is 17.4. The van der Waals surface area contributed by atoms with Crippen LogP contribution in [0.25, 0.3) is 0 Å². The van der Waals surface area contributed by atoms with Crippen molar-refractivity contribution in [3.8, 4) is 0 Å². The van der Waals surface area contributed by atoms with Crippen LogP contribution in [0.2, 0.25) is 0 Å². The van der Waals surface area contributed by atoms with Crippen molar-refractivity contribution in [3.05, 3.63) is 12.2 Å². The van der Waals surface area contributed by atoms with Gasteiger partial charge in [-0.25, -0.2) is 0 Å². The lowest BCUT2D eigenvalue weighted by Crippen LogP contribution is -2.67. The summed E-state index contributed by atoms with van der Waals surface area (Å²) in [5.74, 6) is 1.53. The van der Waals surface area contributed by atoms with Gasteiger partial charge in [0.2, 0.25) is 5.91 Å². The zero-order valence-corrected chi connectivity index (χ0v) is 28.6. The van der Waals surface area contributed by atoms with Gasteiger partial charge in [-0.1, -0.05) is 60.5 Å². The number of hydrogen-bond acceptors (Lipinski definition) is 4. The highest BCUT2D eigenvalue weighted by atomic mass is 16.4. The summed E-state index contributed by atoms with van der Waals surface area (Å²) in [6.45, 7) is 17.4. The van der Waals surface area contributed by atoms with Gasteiger partial charge in [-0.05, 0) is 134 Å². The number of unbranched alkanes of at least 4 members (excludes halogenated alkanes) is 4. The van der Waals surface area contributed by atoms with Crippen LogP contribution < -0.4 is 5.32 Å². The Morgan fingerprint density at radius 3 is 2.20 bits per heavy atom. The fourth-order valence-electron chi connectivity index (χ4n) is 12.9. The average Bonchev–Trinajstić information content (AvgIpc) is 3.37. The van der Waals surface area contributed by atoms with E-state index in [1.165, 1.54) is 19.3 Å². The number of carbonyl (C=O) groups excluding carboxylic acids is 1. The van der Waals surface area contributed by atoms with Gasteiger partial charge in [0.25, 0.3) is 0 Å². The predicted octanol–water partition coefficient (Wildman–Crippen LogP) is 7.52. The summed E-state index contributed by atoms with van der Waals surface area (Å²) >= 11 is 0. The number of aliphatic hydroxyl groups excluding tert-OH is 2. The quantitative estimate of drug-likeness (QED) is 0.142. The van der Waals surface area contributed by atoms with Crippen LogP contribution in [-0.4, -0.2) is 46.5 Å². The van der Waals surface area contributed by atoms with Crippen LogP contribution in [0.1, 0.15) is 137 Å². The molecule has 250 valence electrons. The summed E-state index contributed by atoms with van der Waals surface area (Å²) in [7, 11) is 0. The molecule has 0 heterocycles. The van der Waals surface area contributed by atoms with Crippen LogP contribution in [0.3, 0.4) is 0 Å². The van der Waals surface area contributed by atoms with Gasteiger partial charge in [0.05, 0.1) is 18.1 Å². The number of rotatable bonds is 11. The molecule has 5 aliphatic rings. The Kier molecular flexibility index (Phi) is 9.51. The number of amides is 1. The third-order valence-corrected chi connectivity index (χ3v) is 15.4. The molecule has 1 amide bonds. The summed E-state index contributed by atoms with van der Waals surface area (Å²) in [5.41, 5.74) is 1.03. The number of fused-ring (bicyclic) bond motifs is 7. The fraction of sp³-hybridized carbons (Fsp3) is 0.895. The zero-order chi connectivity index (χ0) is 32.1. The number of aliphatic carboxylic acids is 1. The fourth-order valence-corrected chi connectivity index (χ4v) is 12.9. The van der Waals surface area contributed by atoms with Crippen LogP contribution in [0, 0.1) is 56.7 Å². The maximum atomic E-state index is 14.3. The number of carbonyl (C=O) groups is 2. The summed E-state index contributed by atoms with van der Waals surface area (Å²) in [6, 6.07) is 0. The van der Waals surface area contributed by atoms with Crippen molar-refractivity contribution in [3.63, 3.8) is 0 Å². The molecule has 0 bridgehead atoms. The van der Waals surface area contributed by atoms with Crippen molar-refractivity contribution in [2.75, 3.05) is 13.2 Å².